The maximum atomic E-state index is 13.4. The van der Waals surface area contributed by atoms with Crippen LogP contribution in [-0.4, -0.2) is 37.6 Å². The summed E-state index contributed by atoms with van der Waals surface area (Å²) in [5, 5.41) is 21.4. The predicted octanol–water partition coefficient (Wildman–Crippen LogP) is 5.25. The summed E-state index contributed by atoms with van der Waals surface area (Å²) in [6.45, 7) is 10.7. The van der Waals surface area contributed by atoms with Crippen LogP contribution in [0.5, 0.6) is 0 Å². The molecule has 2 heterocycles. The van der Waals surface area contributed by atoms with Crippen LogP contribution in [0.25, 0.3) is 11.3 Å². The molecular weight excluding hydrogens is 464 g/mol. The summed E-state index contributed by atoms with van der Waals surface area (Å²) in [5.41, 5.74) is 7.27. The normalized spacial score (nSPS) is 19.3. The maximum Gasteiger partial charge on any atom is 0.255 e. The van der Waals surface area contributed by atoms with Gasteiger partial charge in [-0.3, -0.25) is 14.7 Å². The first-order valence-electron chi connectivity index (χ1n) is 12.8. The van der Waals surface area contributed by atoms with Crippen LogP contribution >= 0.6 is 0 Å². The van der Waals surface area contributed by atoms with Crippen LogP contribution in [0.4, 0.5) is 0 Å². The van der Waals surface area contributed by atoms with Gasteiger partial charge in [0.25, 0.3) is 11.8 Å². The molecule has 1 saturated carbocycles. The van der Waals surface area contributed by atoms with E-state index in [4.69, 9.17) is 0 Å². The average molecular weight is 497 g/mol. The Morgan fingerprint density at radius 1 is 1.14 bits per heavy atom. The van der Waals surface area contributed by atoms with E-state index in [0.29, 0.717) is 23.2 Å². The second-order valence-electron chi connectivity index (χ2n) is 11.9. The van der Waals surface area contributed by atoms with E-state index < -0.39 is 6.04 Å². The van der Waals surface area contributed by atoms with Crippen molar-refractivity contribution in [2.45, 2.75) is 64.6 Å². The molecule has 37 heavy (non-hydrogen) atoms. The highest BCUT2D eigenvalue weighted by Crippen LogP contribution is 2.41. The van der Waals surface area contributed by atoms with E-state index in [1.807, 2.05) is 25.1 Å². The van der Waals surface area contributed by atoms with E-state index in [1.165, 1.54) is 11.3 Å². The van der Waals surface area contributed by atoms with Gasteiger partial charge in [-0.15, -0.1) is 0 Å². The molecule has 190 valence electrons. The van der Waals surface area contributed by atoms with Crippen LogP contribution in [-0.2, 0) is 19.4 Å². The monoisotopic (exact) mass is 496 g/mol. The third-order valence-electron chi connectivity index (χ3n) is 8.01. The van der Waals surface area contributed by atoms with Gasteiger partial charge in [0.15, 0.2) is 0 Å². The topological polar surface area (TPSA) is 98.3 Å². The Labute approximate surface area is 216 Å². The molecule has 7 heteroatoms. The van der Waals surface area contributed by atoms with Crippen LogP contribution in [0, 0.1) is 5.41 Å². The van der Waals surface area contributed by atoms with E-state index in [2.05, 4.69) is 35.9 Å². The number of amides is 2. The minimum atomic E-state index is -0.711. The lowest BCUT2D eigenvalue weighted by Gasteiger charge is -2.27. The molecule has 3 aromatic rings. The first kappa shape index (κ1) is 23.5. The lowest BCUT2D eigenvalue weighted by Crippen LogP contribution is -2.34. The van der Waals surface area contributed by atoms with Crippen molar-refractivity contribution in [2.75, 3.05) is 0 Å². The van der Waals surface area contributed by atoms with Crippen LogP contribution in [0.15, 0.2) is 54.8 Å². The summed E-state index contributed by atoms with van der Waals surface area (Å²) in [7, 11) is 0. The SMILES string of the molecule is C=C(O)[C@H](c1ccc(C(=O)NC2(C)CC2)cc1)N1Cc2cc(-c3n[nH]c4c3CC(C)(C)C4)ccc2C1=O. The zero-order valence-electron chi connectivity index (χ0n) is 21.5. The van der Waals surface area contributed by atoms with Gasteiger partial charge in [0.2, 0.25) is 0 Å². The number of aliphatic hydroxyl groups excluding tert-OH is 1. The molecule has 2 aliphatic carbocycles. The Hall–Kier alpha value is -3.87. The molecule has 6 rings (SSSR count). The number of hydrogen-bond donors (Lipinski definition) is 3. The van der Waals surface area contributed by atoms with Gasteiger partial charge in [-0.2, -0.15) is 5.10 Å². The molecule has 0 radical (unpaired) electrons. The fourth-order valence-corrected chi connectivity index (χ4v) is 5.72. The minimum Gasteiger partial charge on any atom is -0.510 e. The van der Waals surface area contributed by atoms with Gasteiger partial charge in [0.05, 0.1) is 5.69 Å². The molecule has 2 amide bonds. The number of benzene rings is 2. The highest BCUT2D eigenvalue weighted by atomic mass is 16.3. The van der Waals surface area contributed by atoms with Gasteiger partial charge in [-0.1, -0.05) is 38.6 Å². The summed E-state index contributed by atoms with van der Waals surface area (Å²) in [6, 6.07) is 12.2. The van der Waals surface area contributed by atoms with Gasteiger partial charge >= 0.3 is 0 Å². The van der Waals surface area contributed by atoms with Crippen molar-refractivity contribution in [3.63, 3.8) is 0 Å². The van der Waals surface area contributed by atoms with Gasteiger partial charge < -0.3 is 15.3 Å². The Balaban J connectivity index is 1.25. The van der Waals surface area contributed by atoms with E-state index >= 15 is 0 Å². The zero-order chi connectivity index (χ0) is 26.1. The number of carbonyl (C=O) groups is 2. The first-order chi connectivity index (χ1) is 17.5. The van der Waals surface area contributed by atoms with Gasteiger partial charge in [-0.25, -0.2) is 0 Å². The number of hydrogen-bond acceptors (Lipinski definition) is 4. The molecule has 0 bridgehead atoms. The molecular formula is C30H32N4O3. The lowest BCUT2D eigenvalue weighted by atomic mass is 9.90. The molecule has 2 aromatic carbocycles. The molecule has 0 unspecified atom stereocenters. The van der Waals surface area contributed by atoms with E-state index in [1.54, 1.807) is 29.2 Å². The van der Waals surface area contributed by atoms with Crippen molar-refractivity contribution in [1.82, 2.24) is 20.4 Å². The van der Waals surface area contributed by atoms with Crippen LogP contribution in [0.1, 0.15) is 82.8 Å². The molecule has 1 atom stereocenters. The molecule has 3 aliphatic rings. The van der Waals surface area contributed by atoms with Crippen LogP contribution in [0.2, 0.25) is 0 Å². The Bertz CT molecular complexity index is 1450. The van der Waals surface area contributed by atoms with E-state index in [0.717, 1.165) is 42.5 Å². The fourth-order valence-electron chi connectivity index (χ4n) is 5.72. The summed E-state index contributed by atoms with van der Waals surface area (Å²) < 4.78 is 0. The van der Waals surface area contributed by atoms with Crippen molar-refractivity contribution >= 4 is 11.8 Å². The Kier molecular flexibility index (Phi) is 5.13. The number of fused-ring (bicyclic) bond motifs is 2. The third kappa shape index (κ3) is 4.12. The third-order valence-corrected chi connectivity index (χ3v) is 8.01. The molecule has 1 fully saturated rings. The highest BCUT2D eigenvalue weighted by molar-refractivity contribution is 5.99. The summed E-state index contributed by atoms with van der Waals surface area (Å²) in [4.78, 5) is 27.6. The van der Waals surface area contributed by atoms with Crippen molar-refractivity contribution in [3.8, 4) is 11.3 Å². The van der Waals surface area contributed by atoms with E-state index in [-0.39, 0.29) is 28.5 Å². The zero-order valence-corrected chi connectivity index (χ0v) is 21.5. The lowest BCUT2D eigenvalue weighted by molar-refractivity contribution is 0.0691. The van der Waals surface area contributed by atoms with Gasteiger partial charge in [0, 0.05) is 40.0 Å². The van der Waals surface area contributed by atoms with Crippen molar-refractivity contribution in [2.24, 2.45) is 5.41 Å². The summed E-state index contributed by atoms with van der Waals surface area (Å²) in [6.07, 6.45) is 3.93. The standard InChI is InChI=1S/C30H32N4O3/c1-17(35)26(18-5-7-19(8-6-18)27(36)31-30(4)11-12-30)34-16-21-13-20(9-10-22(21)28(34)37)25-23-14-29(2,3)15-24(23)32-33-25/h5-10,13,26,35H,1,11-12,14-16H2,2-4H3,(H,31,36)(H,32,33)/t26-/m1/s1. The number of aliphatic hydroxyl groups is 1. The summed E-state index contributed by atoms with van der Waals surface area (Å²) >= 11 is 0. The molecule has 1 aromatic heterocycles. The quantitative estimate of drug-likeness (QED) is 0.406. The van der Waals surface area contributed by atoms with Gasteiger partial charge in [0.1, 0.15) is 11.8 Å². The number of nitrogens with zero attached hydrogens (tertiary/aromatic N) is 2. The highest BCUT2D eigenvalue weighted by Gasteiger charge is 2.39. The minimum absolute atomic E-state index is 0.101. The summed E-state index contributed by atoms with van der Waals surface area (Å²) in [5.74, 6) is -0.383. The number of H-pyrrole nitrogens is 1. The molecule has 0 spiro atoms. The fraction of sp³-hybridized carbons (Fsp3) is 0.367. The van der Waals surface area contributed by atoms with E-state index in [9.17, 15) is 14.7 Å². The first-order valence-corrected chi connectivity index (χ1v) is 12.8. The number of rotatable bonds is 6. The average Bonchev–Trinajstić information content (AvgIpc) is 3.14. The molecule has 7 nitrogen and oxygen atoms in total. The Morgan fingerprint density at radius 2 is 1.86 bits per heavy atom. The Morgan fingerprint density at radius 3 is 2.54 bits per heavy atom. The molecule has 1 aliphatic heterocycles. The number of carbonyl (C=O) groups excluding carboxylic acids is 2. The largest absolute Gasteiger partial charge is 0.510 e. The predicted molar refractivity (Wildman–Crippen MR) is 141 cm³/mol. The van der Waals surface area contributed by atoms with Crippen molar-refractivity contribution < 1.29 is 14.7 Å². The van der Waals surface area contributed by atoms with Gasteiger partial charge in [-0.05, 0) is 73.4 Å². The number of aromatic nitrogens is 2. The molecule has 0 saturated heterocycles. The second kappa shape index (κ2) is 8.07. The smallest absolute Gasteiger partial charge is 0.255 e. The van der Waals surface area contributed by atoms with Crippen molar-refractivity contribution in [3.05, 3.63) is 88.3 Å². The second-order valence-corrected chi connectivity index (χ2v) is 11.9. The number of nitrogens with one attached hydrogen (secondary N) is 2. The maximum absolute atomic E-state index is 13.4. The van der Waals surface area contributed by atoms with Crippen LogP contribution < -0.4 is 5.32 Å². The van der Waals surface area contributed by atoms with Crippen molar-refractivity contribution in [1.29, 1.82) is 0 Å². The van der Waals surface area contributed by atoms with Crippen LogP contribution in [0.3, 0.4) is 0 Å². The number of aromatic amines is 1. The molecule has 3 N–H and O–H groups in total.